The summed E-state index contributed by atoms with van der Waals surface area (Å²) in [5.41, 5.74) is 1.17. The van der Waals surface area contributed by atoms with Crippen LogP contribution >= 0.6 is 0 Å². The van der Waals surface area contributed by atoms with Crippen LogP contribution in [0.2, 0.25) is 0 Å². The first-order valence-electron chi connectivity index (χ1n) is 5.58. The molecule has 1 atom stereocenters. The lowest BCUT2D eigenvalue weighted by Crippen LogP contribution is -2.26. The van der Waals surface area contributed by atoms with Crippen LogP contribution in [0.4, 0.5) is 0 Å². The van der Waals surface area contributed by atoms with Gasteiger partial charge in [-0.25, -0.2) is 14.8 Å². The van der Waals surface area contributed by atoms with E-state index in [-0.39, 0.29) is 5.88 Å². The third kappa shape index (κ3) is 2.24. The fraction of sp³-hybridized carbons (Fsp3) is 0.455. The molecule has 0 saturated heterocycles. The molecule has 18 heavy (non-hydrogen) atoms. The van der Waals surface area contributed by atoms with Crippen LogP contribution in [0.15, 0.2) is 12.7 Å². The first-order chi connectivity index (χ1) is 8.63. The monoisotopic (exact) mass is 250 g/mol. The predicted octanol–water partition coefficient (Wildman–Crippen LogP) is 0.694. The number of imidazole rings is 1. The lowest BCUT2D eigenvalue weighted by Gasteiger charge is -2.12. The minimum absolute atomic E-state index is 0.279. The molecule has 0 aliphatic carbocycles. The van der Waals surface area contributed by atoms with Crippen LogP contribution in [-0.2, 0) is 16.6 Å². The van der Waals surface area contributed by atoms with E-state index in [1.165, 1.54) is 6.33 Å². The first kappa shape index (κ1) is 12.3. The maximum Gasteiger partial charge on any atom is 0.347 e. The van der Waals surface area contributed by atoms with Gasteiger partial charge in [-0.15, -0.1) is 0 Å². The van der Waals surface area contributed by atoms with Crippen molar-refractivity contribution in [3.8, 4) is 5.88 Å². The summed E-state index contributed by atoms with van der Waals surface area (Å²) in [6, 6.07) is 0. The predicted molar refractivity (Wildman–Crippen MR) is 63.0 cm³/mol. The van der Waals surface area contributed by atoms with Gasteiger partial charge in [-0.05, 0) is 13.8 Å². The second kappa shape index (κ2) is 4.99. The van der Waals surface area contributed by atoms with Gasteiger partial charge >= 0.3 is 5.97 Å². The van der Waals surface area contributed by atoms with Crippen molar-refractivity contribution in [1.82, 2.24) is 19.5 Å². The summed E-state index contributed by atoms with van der Waals surface area (Å²) >= 11 is 0. The molecule has 2 aromatic heterocycles. The van der Waals surface area contributed by atoms with Gasteiger partial charge in [-0.3, -0.25) is 0 Å². The van der Waals surface area contributed by atoms with Crippen LogP contribution in [0.1, 0.15) is 13.8 Å². The van der Waals surface area contributed by atoms with Crippen LogP contribution < -0.4 is 4.74 Å². The molecule has 1 unspecified atom stereocenters. The van der Waals surface area contributed by atoms with Crippen LogP contribution in [0.5, 0.6) is 5.88 Å². The number of esters is 1. The van der Waals surface area contributed by atoms with Gasteiger partial charge in [0.2, 0.25) is 5.88 Å². The quantitative estimate of drug-likeness (QED) is 0.743. The molecule has 7 nitrogen and oxygen atoms in total. The molecule has 0 aliphatic rings. The topological polar surface area (TPSA) is 79.1 Å². The van der Waals surface area contributed by atoms with E-state index in [1.807, 2.05) is 7.05 Å². The standard InChI is InChI=1S/C11H14N4O3/c1-4-17-11(16)7(2)18-10-8-9(12-5-13-10)15(3)6-14-8/h5-7H,4H2,1-3H3. The smallest absolute Gasteiger partial charge is 0.347 e. The maximum absolute atomic E-state index is 11.5. The highest BCUT2D eigenvalue weighted by Crippen LogP contribution is 2.19. The average molecular weight is 250 g/mol. The first-order valence-corrected chi connectivity index (χ1v) is 5.58. The van der Waals surface area contributed by atoms with Crippen molar-refractivity contribution in [2.45, 2.75) is 20.0 Å². The number of aromatic nitrogens is 4. The maximum atomic E-state index is 11.5. The summed E-state index contributed by atoms with van der Waals surface area (Å²) in [7, 11) is 1.82. The number of hydrogen-bond donors (Lipinski definition) is 0. The lowest BCUT2D eigenvalue weighted by atomic mass is 10.4. The number of carbonyl (C=O) groups excluding carboxylic acids is 1. The van der Waals surface area contributed by atoms with E-state index >= 15 is 0 Å². The number of rotatable bonds is 4. The summed E-state index contributed by atoms with van der Waals surface area (Å²) in [5.74, 6) is -0.152. The Hall–Kier alpha value is -2.18. The van der Waals surface area contributed by atoms with E-state index in [9.17, 15) is 4.79 Å². The third-order valence-electron chi connectivity index (χ3n) is 2.37. The van der Waals surface area contributed by atoms with E-state index in [1.54, 1.807) is 24.7 Å². The minimum Gasteiger partial charge on any atom is -0.463 e. The fourth-order valence-electron chi connectivity index (χ4n) is 1.49. The Morgan fingerprint density at radius 3 is 2.94 bits per heavy atom. The highest BCUT2D eigenvalue weighted by molar-refractivity contribution is 5.78. The van der Waals surface area contributed by atoms with Crippen molar-refractivity contribution in [3.63, 3.8) is 0 Å². The molecule has 0 saturated carbocycles. The summed E-state index contributed by atoms with van der Waals surface area (Å²) in [6.07, 6.45) is 2.25. The molecule has 96 valence electrons. The van der Waals surface area contributed by atoms with Gasteiger partial charge in [0.15, 0.2) is 17.3 Å². The average Bonchev–Trinajstić information content (AvgIpc) is 2.73. The van der Waals surface area contributed by atoms with Gasteiger partial charge in [0.05, 0.1) is 12.9 Å². The number of ether oxygens (including phenoxy) is 2. The van der Waals surface area contributed by atoms with E-state index in [2.05, 4.69) is 15.0 Å². The molecular weight excluding hydrogens is 236 g/mol. The van der Waals surface area contributed by atoms with Gasteiger partial charge in [-0.2, -0.15) is 4.98 Å². The molecule has 0 amide bonds. The SMILES string of the molecule is CCOC(=O)C(C)Oc1ncnc2c1ncn2C. The molecule has 0 radical (unpaired) electrons. The van der Waals surface area contributed by atoms with E-state index in [4.69, 9.17) is 9.47 Å². The van der Waals surface area contributed by atoms with Crippen molar-refractivity contribution in [3.05, 3.63) is 12.7 Å². The largest absolute Gasteiger partial charge is 0.463 e. The van der Waals surface area contributed by atoms with Crippen molar-refractivity contribution in [1.29, 1.82) is 0 Å². The Morgan fingerprint density at radius 1 is 1.44 bits per heavy atom. The summed E-state index contributed by atoms with van der Waals surface area (Å²) in [4.78, 5) is 23.7. The molecule has 7 heteroatoms. The molecule has 0 fully saturated rings. The molecule has 0 aromatic carbocycles. The van der Waals surface area contributed by atoms with E-state index in [0.29, 0.717) is 17.8 Å². The van der Waals surface area contributed by atoms with Gasteiger partial charge < -0.3 is 14.0 Å². The highest BCUT2D eigenvalue weighted by atomic mass is 16.6. The second-order valence-electron chi connectivity index (χ2n) is 3.72. The highest BCUT2D eigenvalue weighted by Gasteiger charge is 2.19. The molecule has 2 heterocycles. The van der Waals surface area contributed by atoms with Gasteiger partial charge in [0.25, 0.3) is 0 Å². The molecule has 2 aromatic rings. The van der Waals surface area contributed by atoms with Gasteiger partial charge in [0.1, 0.15) is 6.33 Å². The molecular formula is C11H14N4O3. The molecule has 0 aliphatic heterocycles. The van der Waals surface area contributed by atoms with Crippen molar-refractivity contribution in [2.24, 2.45) is 7.05 Å². The van der Waals surface area contributed by atoms with E-state index in [0.717, 1.165) is 0 Å². The zero-order valence-electron chi connectivity index (χ0n) is 10.5. The van der Waals surface area contributed by atoms with E-state index < -0.39 is 12.1 Å². The number of nitrogens with zero attached hydrogens (tertiary/aromatic N) is 4. The van der Waals surface area contributed by atoms with Crippen molar-refractivity contribution < 1.29 is 14.3 Å². The summed E-state index contributed by atoms with van der Waals surface area (Å²) < 4.78 is 12.1. The van der Waals surface area contributed by atoms with Crippen molar-refractivity contribution >= 4 is 17.1 Å². The van der Waals surface area contributed by atoms with Crippen LogP contribution in [0.3, 0.4) is 0 Å². The Morgan fingerprint density at radius 2 is 2.22 bits per heavy atom. The zero-order chi connectivity index (χ0) is 13.1. The van der Waals surface area contributed by atoms with Crippen LogP contribution in [0.25, 0.3) is 11.2 Å². The Labute approximate surface area is 104 Å². The summed E-state index contributed by atoms with van der Waals surface area (Å²) in [5, 5.41) is 0. The zero-order valence-corrected chi connectivity index (χ0v) is 10.5. The number of fused-ring (bicyclic) bond motifs is 1. The minimum atomic E-state index is -0.731. The van der Waals surface area contributed by atoms with Crippen LogP contribution in [-0.4, -0.2) is 38.2 Å². The van der Waals surface area contributed by atoms with Crippen LogP contribution in [0, 0.1) is 0 Å². The fourth-order valence-corrected chi connectivity index (χ4v) is 1.49. The molecule has 0 N–H and O–H groups in total. The Bertz CT molecular complexity index is 566. The number of aryl methyl sites for hydroxylation is 1. The molecule has 2 rings (SSSR count). The molecule has 0 spiro atoms. The Balaban J connectivity index is 2.24. The molecule has 0 bridgehead atoms. The number of carbonyl (C=O) groups is 1. The van der Waals surface area contributed by atoms with Crippen molar-refractivity contribution in [2.75, 3.05) is 6.61 Å². The number of hydrogen-bond acceptors (Lipinski definition) is 6. The third-order valence-corrected chi connectivity index (χ3v) is 2.37. The normalized spacial score (nSPS) is 12.4. The second-order valence-corrected chi connectivity index (χ2v) is 3.72. The van der Waals surface area contributed by atoms with Gasteiger partial charge in [0, 0.05) is 7.05 Å². The summed E-state index contributed by atoms with van der Waals surface area (Å²) in [6.45, 7) is 3.66. The Kier molecular flexibility index (Phi) is 3.40. The van der Waals surface area contributed by atoms with Gasteiger partial charge in [-0.1, -0.05) is 0 Å². The lowest BCUT2D eigenvalue weighted by molar-refractivity contribution is -0.150.